The zero-order valence-corrected chi connectivity index (χ0v) is 16.0. The van der Waals surface area contributed by atoms with Crippen molar-refractivity contribution in [2.75, 3.05) is 6.54 Å². The Morgan fingerprint density at radius 1 is 1.18 bits per heavy atom. The van der Waals surface area contributed by atoms with Crippen molar-refractivity contribution >= 4 is 29.3 Å². The third-order valence-electron chi connectivity index (χ3n) is 3.85. The zero-order chi connectivity index (χ0) is 12.9. The first kappa shape index (κ1) is 15.7. The molecule has 1 N–H and O–H groups in total. The summed E-state index contributed by atoms with van der Waals surface area (Å²) in [6.45, 7) is 3.61. The van der Waals surface area contributed by atoms with Gasteiger partial charge in [-0.1, -0.05) is 0 Å². The molecular formula is C14H29As2N. The molecule has 0 bridgehead atoms. The molecule has 1 aliphatic rings. The van der Waals surface area contributed by atoms with Crippen LogP contribution in [0.3, 0.4) is 0 Å². The molecular weight excluding hydrogens is 332 g/mol. The van der Waals surface area contributed by atoms with Crippen molar-refractivity contribution < 1.29 is 0 Å². The van der Waals surface area contributed by atoms with Crippen molar-refractivity contribution in [3.05, 3.63) is 11.8 Å². The van der Waals surface area contributed by atoms with Crippen molar-refractivity contribution in [2.24, 2.45) is 0 Å². The van der Waals surface area contributed by atoms with E-state index in [4.69, 9.17) is 0 Å². The van der Waals surface area contributed by atoms with E-state index in [1.165, 1.54) is 44.3 Å². The monoisotopic (exact) mass is 361 g/mol. The molecule has 0 aromatic heterocycles. The van der Waals surface area contributed by atoms with Gasteiger partial charge in [0, 0.05) is 0 Å². The molecule has 0 radical (unpaired) electrons. The van der Waals surface area contributed by atoms with E-state index in [1.54, 1.807) is 0 Å². The summed E-state index contributed by atoms with van der Waals surface area (Å²) >= 11 is -1.30. The fraction of sp³-hybridized carbons (Fsp3) is 0.857. The summed E-state index contributed by atoms with van der Waals surface area (Å²) in [5.41, 5.74) is 11.8. The second-order valence-corrected chi connectivity index (χ2v) is 18.3. The van der Waals surface area contributed by atoms with E-state index in [0.717, 1.165) is 2.99 Å². The number of hydrogen-bond donors (Lipinski definition) is 1. The molecule has 1 rings (SSSR count). The standard InChI is InChI=1S/C14H29As2N/c1-6-7-8-11-14(15(2)3,16(4)5)12-17-13-9-10-13/h9,17H,6-8,10-12H2,1-5H3. The summed E-state index contributed by atoms with van der Waals surface area (Å²) in [4.78, 5) is 0. The van der Waals surface area contributed by atoms with Crippen LogP contribution in [0.15, 0.2) is 11.8 Å². The maximum atomic E-state index is 3.72. The molecule has 0 saturated carbocycles. The average Bonchev–Trinajstić information content (AvgIpc) is 3.06. The summed E-state index contributed by atoms with van der Waals surface area (Å²) in [6, 6.07) is 0. The van der Waals surface area contributed by atoms with E-state index in [1.807, 2.05) is 0 Å². The van der Waals surface area contributed by atoms with Gasteiger partial charge in [-0.3, -0.25) is 0 Å². The summed E-state index contributed by atoms with van der Waals surface area (Å²) < 4.78 is 0.763. The Hall–Kier alpha value is 0.657. The summed E-state index contributed by atoms with van der Waals surface area (Å²) in [5, 5.41) is 3.72. The van der Waals surface area contributed by atoms with Crippen LogP contribution in [0.1, 0.15) is 39.0 Å². The van der Waals surface area contributed by atoms with Crippen LogP contribution in [-0.4, -0.2) is 35.8 Å². The van der Waals surface area contributed by atoms with Gasteiger partial charge in [0.25, 0.3) is 0 Å². The Morgan fingerprint density at radius 2 is 1.76 bits per heavy atom. The Labute approximate surface area is 117 Å². The second kappa shape index (κ2) is 7.30. The summed E-state index contributed by atoms with van der Waals surface area (Å²) in [6.07, 6.45) is 9.29. The van der Waals surface area contributed by atoms with Crippen molar-refractivity contribution in [2.45, 2.75) is 64.9 Å². The molecule has 100 valence electrons. The molecule has 0 spiro atoms. The van der Waals surface area contributed by atoms with Gasteiger partial charge < -0.3 is 0 Å². The quantitative estimate of drug-likeness (QED) is 0.479. The minimum atomic E-state index is -0.648. The fourth-order valence-electron chi connectivity index (χ4n) is 2.36. The Morgan fingerprint density at radius 3 is 2.18 bits per heavy atom. The van der Waals surface area contributed by atoms with Crippen molar-refractivity contribution in [1.29, 1.82) is 0 Å². The van der Waals surface area contributed by atoms with Gasteiger partial charge in [0.2, 0.25) is 0 Å². The van der Waals surface area contributed by atoms with Gasteiger partial charge in [-0.2, -0.15) is 0 Å². The number of nitrogens with one attached hydrogen (secondary N) is 1. The van der Waals surface area contributed by atoms with Crippen LogP contribution in [0.5, 0.6) is 0 Å². The van der Waals surface area contributed by atoms with Gasteiger partial charge >= 0.3 is 118 Å². The van der Waals surface area contributed by atoms with Crippen molar-refractivity contribution in [1.82, 2.24) is 5.32 Å². The van der Waals surface area contributed by atoms with E-state index >= 15 is 0 Å². The predicted molar refractivity (Wildman–Crippen MR) is 82.5 cm³/mol. The van der Waals surface area contributed by atoms with Gasteiger partial charge in [0.05, 0.1) is 0 Å². The predicted octanol–water partition coefficient (Wildman–Crippen LogP) is 4.23. The van der Waals surface area contributed by atoms with Gasteiger partial charge in [0.1, 0.15) is 0 Å². The fourth-order valence-corrected chi connectivity index (χ4v) is 17.0. The molecule has 0 aromatic carbocycles. The first-order chi connectivity index (χ1) is 8.03. The molecule has 3 heteroatoms. The molecule has 0 amide bonds. The Balaban J connectivity index is 2.59. The van der Waals surface area contributed by atoms with E-state index in [9.17, 15) is 0 Å². The summed E-state index contributed by atoms with van der Waals surface area (Å²) in [7, 11) is 0. The van der Waals surface area contributed by atoms with Gasteiger partial charge in [0.15, 0.2) is 0 Å². The first-order valence-electron chi connectivity index (χ1n) is 6.80. The Bertz CT molecular complexity index is 251. The van der Waals surface area contributed by atoms with Gasteiger partial charge in [-0.15, -0.1) is 0 Å². The molecule has 0 fully saturated rings. The van der Waals surface area contributed by atoms with Crippen LogP contribution < -0.4 is 5.32 Å². The van der Waals surface area contributed by atoms with Crippen LogP contribution in [0.2, 0.25) is 25.8 Å². The molecule has 1 aliphatic carbocycles. The first-order valence-corrected chi connectivity index (χ1v) is 16.2. The van der Waals surface area contributed by atoms with Gasteiger partial charge in [-0.05, 0) is 0 Å². The molecule has 1 nitrogen and oxygen atoms in total. The van der Waals surface area contributed by atoms with E-state index in [0.29, 0.717) is 0 Å². The maximum absolute atomic E-state index is 3.72. The third-order valence-corrected chi connectivity index (χ3v) is 21.2. The zero-order valence-electron chi connectivity index (χ0n) is 12.2. The summed E-state index contributed by atoms with van der Waals surface area (Å²) in [5.74, 6) is 0. The van der Waals surface area contributed by atoms with Gasteiger partial charge in [-0.25, -0.2) is 0 Å². The van der Waals surface area contributed by atoms with Crippen molar-refractivity contribution in [3.63, 3.8) is 0 Å². The Kier molecular flexibility index (Phi) is 6.74. The number of allylic oxidation sites excluding steroid dienone is 2. The molecule has 0 unspecified atom stereocenters. The number of rotatable bonds is 9. The minimum absolute atomic E-state index is 0.648. The molecule has 0 atom stereocenters. The molecule has 17 heavy (non-hydrogen) atoms. The average molecular weight is 361 g/mol. The van der Waals surface area contributed by atoms with Crippen LogP contribution in [-0.2, 0) is 0 Å². The van der Waals surface area contributed by atoms with E-state index in [2.05, 4.69) is 41.2 Å². The van der Waals surface area contributed by atoms with Crippen molar-refractivity contribution in [3.8, 4) is 0 Å². The topological polar surface area (TPSA) is 12.0 Å². The third kappa shape index (κ3) is 4.68. The van der Waals surface area contributed by atoms with E-state index in [-0.39, 0.29) is 0 Å². The molecule has 0 aromatic rings. The SMILES string of the molecule is CCCCCC(CNC1=CC1)([As](C)C)[As](C)C. The van der Waals surface area contributed by atoms with Crippen LogP contribution in [0, 0.1) is 0 Å². The number of hydrogen-bond acceptors (Lipinski definition) is 1. The normalized spacial score (nSPS) is 15.4. The molecule has 0 heterocycles. The number of unbranched alkanes of at least 4 members (excludes halogenated alkanes) is 2. The van der Waals surface area contributed by atoms with Crippen LogP contribution in [0.25, 0.3) is 0 Å². The van der Waals surface area contributed by atoms with Crippen LogP contribution >= 0.6 is 0 Å². The molecule has 0 saturated heterocycles. The van der Waals surface area contributed by atoms with E-state index < -0.39 is 29.3 Å². The molecule has 0 aliphatic heterocycles. The van der Waals surface area contributed by atoms with Crippen LogP contribution in [0.4, 0.5) is 0 Å². The second-order valence-electron chi connectivity index (χ2n) is 5.52.